The van der Waals surface area contributed by atoms with Crippen molar-refractivity contribution < 1.29 is 10.2 Å². The average Bonchev–Trinajstić information content (AvgIpc) is 2.63. The molecule has 0 unspecified atom stereocenters. The second kappa shape index (κ2) is 7.78. The van der Waals surface area contributed by atoms with Gasteiger partial charge >= 0.3 is 0 Å². The van der Waals surface area contributed by atoms with E-state index >= 15 is 0 Å². The van der Waals surface area contributed by atoms with Crippen LogP contribution in [0.3, 0.4) is 0 Å². The number of anilines is 3. The molecule has 0 spiro atoms. The van der Waals surface area contributed by atoms with Crippen LogP contribution in [0.25, 0.3) is 11.3 Å². The molecule has 0 aliphatic rings. The molecule has 3 aromatic rings. The molecular weight excluding hydrogens is 342 g/mol. The van der Waals surface area contributed by atoms with Crippen LogP contribution in [0, 0.1) is 0 Å². The van der Waals surface area contributed by atoms with Crippen molar-refractivity contribution in [2.45, 2.75) is 0 Å². The predicted octanol–water partition coefficient (Wildman–Crippen LogP) is 3.05. The number of hydrogen-bond donors (Lipinski definition) is 4. The molecule has 0 aliphatic heterocycles. The quantitative estimate of drug-likeness (QED) is 0.503. The number of aliphatic hydroxyl groups excluding tert-OH is 1. The number of hydrogen-bond acceptors (Lipinski definition) is 7. The Labute approximate surface area is 149 Å². The number of halogens is 1. The number of aromatic hydroxyl groups is 1. The molecule has 2 aromatic heterocycles. The monoisotopic (exact) mass is 357 g/mol. The van der Waals surface area contributed by atoms with Gasteiger partial charge in [0.25, 0.3) is 0 Å². The predicted molar refractivity (Wildman–Crippen MR) is 97.2 cm³/mol. The summed E-state index contributed by atoms with van der Waals surface area (Å²) in [5, 5.41) is 25.4. The van der Waals surface area contributed by atoms with Gasteiger partial charge in [0.1, 0.15) is 11.6 Å². The zero-order valence-electron chi connectivity index (χ0n) is 13.1. The van der Waals surface area contributed by atoms with Crippen LogP contribution in [0.5, 0.6) is 5.75 Å². The van der Waals surface area contributed by atoms with E-state index in [2.05, 4.69) is 25.6 Å². The maximum Gasteiger partial charge on any atom is 0.225 e. The van der Waals surface area contributed by atoms with Crippen LogP contribution in [-0.4, -0.2) is 38.3 Å². The van der Waals surface area contributed by atoms with Gasteiger partial charge in [0, 0.05) is 35.6 Å². The van der Waals surface area contributed by atoms with Crippen LogP contribution in [0.15, 0.2) is 48.8 Å². The summed E-state index contributed by atoms with van der Waals surface area (Å²) in [6, 6.07) is 10.1. The third-order valence-corrected chi connectivity index (χ3v) is 3.53. The normalized spacial score (nSPS) is 10.5. The lowest BCUT2D eigenvalue weighted by Gasteiger charge is -2.12. The molecule has 2 heterocycles. The van der Waals surface area contributed by atoms with E-state index in [0.717, 1.165) is 5.56 Å². The van der Waals surface area contributed by atoms with Gasteiger partial charge in [-0.25, -0.2) is 4.98 Å². The Morgan fingerprint density at radius 2 is 2.00 bits per heavy atom. The minimum atomic E-state index is -0.0433. The first-order valence-corrected chi connectivity index (χ1v) is 7.93. The number of phenols is 1. The summed E-state index contributed by atoms with van der Waals surface area (Å²) in [5.41, 5.74) is 1.89. The van der Waals surface area contributed by atoms with Gasteiger partial charge in [0.15, 0.2) is 0 Å². The summed E-state index contributed by atoms with van der Waals surface area (Å²) in [5.74, 6) is 0.863. The molecule has 8 heteroatoms. The molecule has 0 aliphatic carbocycles. The van der Waals surface area contributed by atoms with Gasteiger partial charge in [-0.2, -0.15) is 4.98 Å². The molecular formula is C17H16ClN5O2. The number of benzene rings is 1. The largest absolute Gasteiger partial charge is 0.506 e. The molecule has 0 fully saturated rings. The van der Waals surface area contributed by atoms with E-state index in [1.165, 1.54) is 6.07 Å². The number of nitrogens with one attached hydrogen (secondary N) is 2. The number of rotatable bonds is 6. The molecule has 7 nitrogen and oxygen atoms in total. The van der Waals surface area contributed by atoms with Crippen molar-refractivity contribution in [3.05, 3.63) is 53.8 Å². The van der Waals surface area contributed by atoms with E-state index in [4.69, 9.17) is 16.7 Å². The lowest BCUT2D eigenvalue weighted by atomic mass is 10.2. The fraction of sp³-hybridized carbons (Fsp3) is 0.118. The van der Waals surface area contributed by atoms with E-state index < -0.39 is 0 Å². The Kier molecular flexibility index (Phi) is 5.27. The van der Waals surface area contributed by atoms with Crippen molar-refractivity contribution in [2.24, 2.45) is 0 Å². The topological polar surface area (TPSA) is 103 Å². The van der Waals surface area contributed by atoms with Crippen molar-refractivity contribution in [2.75, 3.05) is 23.8 Å². The first-order chi connectivity index (χ1) is 12.2. The molecule has 4 N–H and O–H groups in total. The van der Waals surface area contributed by atoms with Gasteiger partial charge in [-0.05, 0) is 30.3 Å². The SMILES string of the molecule is OCCNc1nc(Nc2cc(Cl)ccc2O)cc(-c2cccnc2)n1. The molecule has 1 aromatic carbocycles. The van der Waals surface area contributed by atoms with Crippen LogP contribution in [-0.2, 0) is 0 Å². The van der Waals surface area contributed by atoms with E-state index in [1.807, 2.05) is 12.1 Å². The Bertz CT molecular complexity index is 861. The summed E-state index contributed by atoms with van der Waals surface area (Å²) in [6.07, 6.45) is 3.37. The highest BCUT2D eigenvalue weighted by molar-refractivity contribution is 6.30. The lowest BCUT2D eigenvalue weighted by molar-refractivity contribution is 0.311. The highest BCUT2D eigenvalue weighted by atomic mass is 35.5. The fourth-order valence-corrected chi connectivity index (χ4v) is 2.34. The molecule has 0 saturated carbocycles. The van der Waals surface area contributed by atoms with Crippen LogP contribution in [0.1, 0.15) is 0 Å². The van der Waals surface area contributed by atoms with Crippen LogP contribution >= 0.6 is 11.6 Å². The van der Waals surface area contributed by atoms with Gasteiger partial charge in [-0.3, -0.25) is 4.98 Å². The molecule has 128 valence electrons. The van der Waals surface area contributed by atoms with Gasteiger partial charge in [-0.15, -0.1) is 0 Å². The Morgan fingerprint density at radius 1 is 1.12 bits per heavy atom. The van der Waals surface area contributed by atoms with Gasteiger partial charge in [0.2, 0.25) is 5.95 Å². The summed E-state index contributed by atoms with van der Waals surface area (Å²) in [6.45, 7) is 0.274. The zero-order valence-corrected chi connectivity index (χ0v) is 13.9. The van der Waals surface area contributed by atoms with Crippen molar-refractivity contribution in [1.82, 2.24) is 15.0 Å². The van der Waals surface area contributed by atoms with E-state index in [0.29, 0.717) is 34.7 Å². The molecule has 0 radical (unpaired) electrons. The molecule has 3 rings (SSSR count). The third-order valence-electron chi connectivity index (χ3n) is 3.30. The summed E-state index contributed by atoms with van der Waals surface area (Å²) >= 11 is 5.98. The Balaban J connectivity index is 1.98. The van der Waals surface area contributed by atoms with Crippen molar-refractivity contribution in [3.63, 3.8) is 0 Å². The molecule has 0 amide bonds. The third kappa shape index (κ3) is 4.34. The summed E-state index contributed by atoms with van der Waals surface area (Å²) in [7, 11) is 0. The second-order valence-corrected chi connectivity index (χ2v) is 5.58. The first kappa shape index (κ1) is 16.9. The van der Waals surface area contributed by atoms with Crippen LogP contribution in [0.2, 0.25) is 5.02 Å². The summed E-state index contributed by atoms with van der Waals surface area (Å²) in [4.78, 5) is 12.9. The van der Waals surface area contributed by atoms with Gasteiger partial charge in [0.05, 0.1) is 18.0 Å². The van der Waals surface area contributed by atoms with E-state index in [-0.39, 0.29) is 12.4 Å². The standard InChI is InChI=1S/C17H16ClN5O2/c18-12-3-4-15(25)14(8-12)21-16-9-13(11-2-1-5-19-10-11)22-17(23-16)20-6-7-24/h1-5,8-10,24-25H,6-7H2,(H2,20,21,22,23). The van der Waals surface area contributed by atoms with Crippen molar-refractivity contribution in [3.8, 4) is 17.0 Å². The molecule has 25 heavy (non-hydrogen) atoms. The lowest BCUT2D eigenvalue weighted by Crippen LogP contribution is -2.10. The smallest absolute Gasteiger partial charge is 0.225 e. The highest BCUT2D eigenvalue weighted by Crippen LogP contribution is 2.30. The highest BCUT2D eigenvalue weighted by Gasteiger charge is 2.09. The number of aromatic nitrogens is 3. The van der Waals surface area contributed by atoms with Crippen LogP contribution in [0.4, 0.5) is 17.5 Å². The second-order valence-electron chi connectivity index (χ2n) is 5.14. The maximum absolute atomic E-state index is 9.97. The number of pyridine rings is 1. The van der Waals surface area contributed by atoms with E-state index in [9.17, 15) is 5.11 Å². The summed E-state index contributed by atoms with van der Waals surface area (Å²) < 4.78 is 0. The van der Waals surface area contributed by atoms with Gasteiger partial charge in [-0.1, -0.05) is 11.6 Å². The number of aliphatic hydroxyl groups is 1. The Hall–Kier alpha value is -2.90. The first-order valence-electron chi connectivity index (χ1n) is 7.55. The number of nitrogens with zero attached hydrogens (tertiary/aromatic N) is 3. The molecule has 0 atom stereocenters. The Morgan fingerprint density at radius 3 is 2.76 bits per heavy atom. The molecule has 0 bridgehead atoms. The van der Waals surface area contributed by atoms with Crippen LogP contribution < -0.4 is 10.6 Å². The van der Waals surface area contributed by atoms with Gasteiger partial charge < -0.3 is 20.8 Å². The molecule has 0 saturated heterocycles. The zero-order chi connectivity index (χ0) is 17.6. The average molecular weight is 358 g/mol. The minimum Gasteiger partial charge on any atom is -0.506 e. The minimum absolute atomic E-state index is 0.0433. The van der Waals surface area contributed by atoms with Crippen molar-refractivity contribution >= 4 is 29.1 Å². The van der Waals surface area contributed by atoms with Crippen molar-refractivity contribution in [1.29, 1.82) is 0 Å². The maximum atomic E-state index is 9.97. The van der Waals surface area contributed by atoms with E-state index in [1.54, 1.807) is 30.6 Å². The number of phenolic OH excluding ortho intramolecular Hbond substituents is 1. The fourth-order valence-electron chi connectivity index (χ4n) is 2.17.